The first-order valence-electron chi connectivity index (χ1n) is 17.5. The molecule has 0 aliphatic carbocycles. The number of hydrogen-bond acceptors (Lipinski definition) is 8. The van der Waals surface area contributed by atoms with Crippen molar-refractivity contribution in [2.75, 3.05) is 27.3 Å². The van der Waals surface area contributed by atoms with Crippen molar-refractivity contribution in [3.05, 3.63) is 158 Å². The number of aromatic nitrogens is 4. The van der Waals surface area contributed by atoms with Crippen LogP contribution in [0.3, 0.4) is 0 Å². The Balaban J connectivity index is 0.000000162. The Hall–Kier alpha value is -5.35. The lowest BCUT2D eigenvalue weighted by molar-refractivity contribution is 0.240. The van der Waals surface area contributed by atoms with Gasteiger partial charge in [0.1, 0.15) is 22.5 Å². The zero-order valence-corrected chi connectivity index (χ0v) is 30.1. The fourth-order valence-corrected chi connectivity index (χ4v) is 7.09. The van der Waals surface area contributed by atoms with E-state index in [1.165, 1.54) is 11.1 Å². The molecule has 4 aromatic carbocycles. The van der Waals surface area contributed by atoms with Gasteiger partial charge in [0.15, 0.2) is 5.82 Å². The van der Waals surface area contributed by atoms with E-state index in [1.54, 1.807) is 14.2 Å². The topological polar surface area (TPSA) is 96.5 Å². The Kier molecular flexibility index (Phi) is 11.0. The maximum Gasteiger partial charge on any atom is 0.254 e. The van der Waals surface area contributed by atoms with Gasteiger partial charge in [-0.25, -0.2) is 15.0 Å². The molecule has 2 aromatic heterocycles. The molecular weight excluding hydrogens is 672 g/mol. The first-order chi connectivity index (χ1) is 25.5. The average molecular weight is 713 g/mol. The molecule has 0 unspecified atom stereocenters. The normalized spacial score (nSPS) is 14.1. The van der Waals surface area contributed by atoms with Gasteiger partial charge in [-0.15, -0.1) is 0 Å². The van der Waals surface area contributed by atoms with Gasteiger partial charge < -0.3 is 14.5 Å². The Morgan fingerprint density at radius 3 is 1.73 bits per heavy atom. The number of para-hydroxylation sites is 2. The Labute approximate surface area is 308 Å². The summed E-state index contributed by atoms with van der Waals surface area (Å²) in [5, 5.41) is 0.551. The predicted octanol–water partition coefficient (Wildman–Crippen LogP) is 7.37. The van der Waals surface area contributed by atoms with Crippen molar-refractivity contribution in [3.63, 3.8) is 0 Å². The lowest BCUT2D eigenvalue weighted by Crippen LogP contribution is -2.35. The third-order valence-corrected chi connectivity index (χ3v) is 9.77. The second kappa shape index (κ2) is 16.3. The van der Waals surface area contributed by atoms with E-state index in [1.807, 2.05) is 60.7 Å². The largest absolute Gasteiger partial charge is 0.496 e. The molecule has 52 heavy (non-hydrogen) atoms. The van der Waals surface area contributed by atoms with Crippen molar-refractivity contribution in [3.8, 4) is 34.3 Å². The van der Waals surface area contributed by atoms with E-state index in [0.717, 1.165) is 85.0 Å². The summed E-state index contributed by atoms with van der Waals surface area (Å²) in [7, 11) is 3.28. The smallest absolute Gasteiger partial charge is 0.254 e. The molecule has 1 N–H and O–H groups in total. The number of nitrogens with zero attached hydrogens (tertiary/aromatic N) is 5. The molecule has 2 aliphatic heterocycles. The Morgan fingerprint density at radius 1 is 0.635 bits per heavy atom. The first-order valence-corrected chi connectivity index (χ1v) is 17.8. The van der Waals surface area contributed by atoms with E-state index in [4.69, 9.17) is 31.0 Å². The van der Waals surface area contributed by atoms with Crippen molar-refractivity contribution in [1.29, 1.82) is 0 Å². The van der Waals surface area contributed by atoms with E-state index in [0.29, 0.717) is 29.1 Å². The molecule has 0 atom stereocenters. The van der Waals surface area contributed by atoms with Gasteiger partial charge in [0.25, 0.3) is 5.56 Å². The monoisotopic (exact) mass is 712 g/mol. The van der Waals surface area contributed by atoms with Gasteiger partial charge in [0.2, 0.25) is 0 Å². The number of aromatic amines is 1. The van der Waals surface area contributed by atoms with E-state index in [-0.39, 0.29) is 5.56 Å². The number of ether oxygens (including phenoxy) is 2. The molecule has 6 aromatic rings. The van der Waals surface area contributed by atoms with Gasteiger partial charge in [0.05, 0.1) is 36.7 Å². The molecule has 0 saturated heterocycles. The van der Waals surface area contributed by atoms with Crippen LogP contribution in [0.25, 0.3) is 22.8 Å². The van der Waals surface area contributed by atoms with Gasteiger partial charge in [-0.05, 0) is 48.2 Å². The Bertz CT molecular complexity index is 2190. The van der Waals surface area contributed by atoms with Crippen LogP contribution in [-0.2, 0) is 39.0 Å². The van der Waals surface area contributed by atoms with Crippen LogP contribution in [0.15, 0.2) is 114 Å². The zero-order chi connectivity index (χ0) is 35.9. The highest BCUT2D eigenvalue weighted by Gasteiger charge is 2.24. The van der Waals surface area contributed by atoms with Crippen LogP contribution >= 0.6 is 11.6 Å². The van der Waals surface area contributed by atoms with E-state index in [2.05, 4.69) is 68.3 Å². The lowest BCUT2D eigenvalue weighted by atomic mass is 10.0. The van der Waals surface area contributed by atoms with Crippen molar-refractivity contribution in [1.82, 2.24) is 29.7 Å². The zero-order valence-electron chi connectivity index (χ0n) is 29.4. The molecule has 0 spiro atoms. The second-order valence-corrected chi connectivity index (χ2v) is 13.3. The third kappa shape index (κ3) is 8.07. The molecule has 264 valence electrons. The fraction of sp³-hybridized carbons (Fsp3) is 0.238. The Morgan fingerprint density at radius 2 is 1.13 bits per heavy atom. The summed E-state index contributed by atoms with van der Waals surface area (Å²) in [6, 6.07) is 36.2. The van der Waals surface area contributed by atoms with Gasteiger partial charge in [-0.3, -0.25) is 14.6 Å². The number of H-pyrrole nitrogens is 1. The molecule has 9 nitrogen and oxygen atoms in total. The number of hydrogen-bond donors (Lipinski definition) is 1. The van der Waals surface area contributed by atoms with Crippen LogP contribution < -0.4 is 15.0 Å². The number of benzene rings is 4. The number of methoxy groups -OCH3 is 2. The average Bonchev–Trinajstić information content (AvgIpc) is 3.18. The van der Waals surface area contributed by atoms with Gasteiger partial charge in [-0.2, -0.15) is 0 Å². The first kappa shape index (κ1) is 35.1. The van der Waals surface area contributed by atoms with Gasteiger partial charge in [-0.1, -0.05) is 96.5 Å². The minimum absolute atomic E-state index is 0.0460. The quantitative estimate of drug-likeness (QED) is 0.164. The van der Waals surface area contributed by atoms with E-state index < -0.39 is 0 Å². The van der Waals surface area contributed by atoms with Crippen LogP contribution in [0.4, 0.5) is 0 Å². The standard InChI is InChI=1S/C21H20ClN3O.C21H21N3O2/c1-26-19-10-6-5-9-17(19)21-23-18-14-25(12-11-16(18)20(22)24-21)13-15-7-3-2-4-8-15;1-26-19-10-6-5-9-17(19)20-22-18-14-24(12-11-16(18)21(25)23-20)13-15-7-3-2-4-8-15/h2-10H,11-14H2,1H3;2-10H,11-14H2,1H3,(H,22,23,25). The SMILES string of the molecule is COc1ccccc1-c1nc(Cl)c2c(n1)CN(Cc1ccccc1)CC2.COc1ccccc1-c1nc2c(c(=O)[nH]1)CCN(Cc1ccccc1)C2. The fourth-order valence-electron chi connectivity index (χ4n) is 6.80. The highest BCUT2D eigenvalue weighted by molar-refractivity contribution is 6.30. The van der Waals surface area contributed by atoms with Crippen molar-refractivity contribution < 1.29 is 9.47 Å². The molecule has 0 fully saturated rings. The van der Waals surface area contributed by atoms with Crippen LogP contribution in [0.1, 0.15) is 33.6 Å². The van der Waals surface area contributed by atoms with Gasteiger partial charge >= 0.3 is 0 Å². The third-order valence-electron chi connectivity index (χ3n) is 9.45. The maximum atomic E-state index is 12.6. The molecule has 2 aliphatic rings. The summed E-state index contributed by atoms with van der Waals surface area (Å²) >= 11 is 6.49. The predicted molar refractivity (Wildman–Crippen MR) is 204 cm³/mol. The molecule has 0 saturated carbocycles. The number of halogens is 1. The van der Waals surface area contributed by atoms with Crippen molar-refractivity contribution in [2.24, 2.45) is 0 Å². The van der Waals surface area contributed by atoms with E-state index >= 15 is 0 Å². The summed E-state index contributed by atoms with van der Waals surface area (Å²) in [5.41, 5.74) is 7.92. The summed E-state index contributed by atoms with van der Waals surface area (Å²) in [4.78, 5) is 34.3. The highest BCUT2D eigenvalue weighted by atomic mass is 35.5. The molecule has 4 heterocycles. The number of rotatable bonds is 8. The second-order valence-electron chi connectivity index (χ2n) is 12.9. The highest BCUT2D eigenvalue weighted by Crippen LogP contribution is 2.32. The molecule has 0 radical (unpaired) electrons. The molecule has 0 bridgehead atoms. The molecule has 10 heteroatoms. The summed E-state index contributed by atoms with van der Waals surface area (Å²) in [5.74, 6) is 2.63. The van der Waals surface area contributed by atoms with Crippen LogP contribution in [-0.4, -0.2) is 57.0 Å². The molecular formula is C42H41ClN6O3. The number of nitrogens with one attached hydrogen (secondary N) is 1. The van der Waals surface area contributed by atoms with Crippen molar-refractivity contribution in [2.45, 2.75) is 39.0 Å². The van der Waals surface area contributed by atoms with Gasteiger partial charge in [0, 0.05) is 50.4 Å². The van der Waals surface area contributed by atoms with E-state index in [9.17, 15) is 4.79 Å². The summed E-state index contributed by atoms with van der Waals surface area (Å²) in [6.07, 6.45) is 1.59. The van der Waals surface area contributed by atoms with Crippen molar-refractivity contribution >= 4 is 11.6 Å². The van der Waals surface area contributed by atoms with Crippen LogP contribution in [0.2, 0.25) is 5.15 Å². The van der Waals surface area contributed by atoms with Crippen LogP contribution in [0.5, 0.6) is 11.5 Å². The minimum Gasteiger partial charge on any atom is -0.496 e. The van der Waals surface area contributed by atoms with Crippen LogP contribution in [0, 0.1) is 0 Å². The molecule has 0 amide bonds. The lowest BCUT2D eigenvalue weighted by Gasteiger charge is -2.28. The maximum absolute atomic E-state index is 12.6. The molecule has 8 rings (SSSR count). The number of fused-ring (bicyclic) bond motifs is 2. The summed E-state index contributed by atoms with van der Waals surface area (Å²) < 4.78 is 10.9. The minimum atomic E-state index is -0.0460. The summed E-state index contributed by atoms with van der Waals surface area (Å²) in [6.45, 7) is 5.04.